The van der Waals surface area contributed by atoms with Crippen molar-refractivity contribution in [2.24, 2.45) is 5.73 Å². The van der Waals surface area contributed by atoms with Gasteiger partial charge in [-0.15, -0.1) is 11.3 Å². The van der Waals surface area contributed by atoms with Crippen LogP contribution in [0, 0.1) is 0 Å². The number of aromatic nitrogens is 2. The molecule has 0 aromatic carbocycles. The Bertz CT molecular complexity index is 970. The van der Waals surface area contributed by atoms with Crippen LogP contribution in [-0.2, 0) is 6.54 Å². The molecule has 8 nitrogen and oxygen atoms in total. The number of nitrogens with two attached hydrogens (primary N) is 1. The second-order valence-corrected chi connectivity index (χ2v) is 6.37. The van der Waals surface area contributed by atoms with Crippen molar-refractivity contribution in [1.82, 2.24) is 15.3 Å². The summed E-state index contributed by atoms with van der Waals surface area (Å²) in [6, 6.07) is 8.00. The average molecular weight is 381 g/mol. The molecule has 0 radical (unpaired) electrons. The Morgan fingerprint density at radius 3 is 2.48 bits per heavy atom. The monoisotopic (exact) mass is 381 g/mol. The van der Waals surface area contributed by atoms with E-state index in [0.717, 1.165) is 0 Å². The average Bonchev–Trinajstić information content (AvgIpc) is 3.15. The first-order valence-electron chi connectivity index (χ1n) is 7.86. The minimum absolute atomic E-state index is 0.157. The van der Waals surface area contributed by atoms with Crippen LogP contribution in [0.25, 0.3) is 0 Å². The first kappa shape index (κ1) is 18.2. The van der Waals surface area contributed by atoms with Gasteiger partial charge in [-0.3, -0.25) is 24.4 Å². The lowest BCUT2D eigenvalue weighted by Gasteiger charge is -2.08. The van der Waals surface area contributed by atoms with Gasteiger partial charge in [0.2, 0.25) is 0 Å². The predicted octanol–water partition coefficient (Wildman–Crippen LogP) is 1.82. The highest BCUT2D eigenvalue weighted by Crippen LogP contribution is 2.23. The summed E-state index contributed by atoms with van der Waals surface area (Å²) in [5.41, 5.74) is 6.89. The van der Waals surface area contributed by atoms with Gasteiger partial charge in [0, 0.05) is 30.7 Å². The van der Waals surface area contributed by atoms with Gasteiger partial charge < -0.3 is 16.4 Å². The summed E-state index contributed by atoms with van der Waals surface area (Å²) in [4.78, 5) is 43.9. The third-order valence-corrected chi connectivity index (χ3v) is 4.51. The third-order valence-electron chi connectivity index (χ3n) is 3.59. The van der Waals surface area contributed by atoms with E-state index in [2.05, 4.69) is 20.6 Å². The molecular weight excluding hydrogens is 366 g/mol. The quantitative estimate of drug-likeness (QED) is 0.600. The fraction of sp³-hybridized carbons (Fsp3) is 0.0556. The van der Waals surface area contributed by atoms with E-state index < -0.39 is 5.91 Å². The molecule has 0 fully saturated rings. The van der Waals surface area contributed by atoms with E-state index in [9.17, 15) is 14.4 Å². The maximum atomic E-state index is 12.4. The summed E-state index contributed by atoms with van der Waals surface area (Å²) in [7, 11) is 0. The van der Waals surface area contributed by atoms with Crippen molar-refractivity contribution in [1.29, 1.82) is 0 Å². The zero-order valence-electron chi connectivity index (χ0n) is 14.0. The lowest BCUT2D eigenvalue weighted by atomic mass is 10.2. The van der Waals surface area contributed by atoms with E-state index >= 15 is 0 Å². The van der Waals surface area contributed by atoms with Crippen LogP contribution in [0.4, 0.5) is 5.69 Å². The zero-order valence-corrected chi connectivity index (χ0v) is 14.8. The second kappa shape index (κ2) is 8.19. The molecule has 0 atom stereocenters. The van der Waals surface area contributed by atoms with Gasteiger partial charge in [-0.05, 0) is 35.2 Å². The lowest BCUT2D eigenvalue weighted by molar-refractivity contribution is 0.0953. The number of hydrogen-bond acceptors (Lipinski definition) is 6. The van der Waals surface area contributed by atoms with Crippen molar-refractivity contribution in [2.45, 2.75) is 6.54 Å². The molecular formula is C18H15N5O3S. The van der Waals surface area contributed by atoms with E-state index in [-0.39, 0.29) is 24.1 Å². The van der Waals surface area contributed by atoms with Crippen LogP contribution >= 0.6 is 11.3 Å². The topological polar surface area (TPSA) is 127 Å². The number of carbonyl (C=O) groups excluding carboxylic acids is 3. The minimum Gasteiger partial charge on any atom is -0.364 e. The fourth-order valence-electron chi connectivity index (χ4n) is 2.22. The fourth-order valence-corrected chi connectivity index (χ4v) is 2.98. The Hall–Kier alpha value is -3.59. The molecule has 0 spiro atoms. The van der Waals surface area contributed by atoms with Crippen LogP contribution in [-0.4, -0.2) is 27.7 Å². The number of thiophene rings is 1. The van der Waals surface area contributed by atoms with Gasteiger partial charge in [0.25, 0.3) is 17.7 Å². The molecule has 27 heavy (non-hydrogen) atoms. The Morgan fingerprint density at radius 1 is 1.04 bits per heavy atom. The molecule has 4 N–H and O–H groups in total. The van der Waals surface area contributed by atoms with Crippen LogP contribution < -0.4 is 16.4 Å². The van der Waals surface area contributed by atoms with Crippen molar-refractivity contribution in [3.8, 4) is 0 Å². The molecule has 0 bridgehead atoms. The normalized spacial score (nSPS) is 10.2. The summed E-state index contributed by atoms with van der Waals surface area (Å²) in [6.07, 6.45) is 4.52. The number of carbonyl (C=O) groups is 3. The van der Waals surface area contributed by atoms with Gasteiger partial charge in [0.1, 0.15) is 10.6 Å². The summed E-state index contributed by atoms with van der Waals surface area (Å²) >= 11 is 1.22. The number of rotatable bonds is 6. The van der Waals surface area contributed by atoms with Gasteiger partial charge in [0.05, 0.1) is 5.69 Å². The van der Waals surface area contributed by atoms with Crippen molar-refractivity contribution in [3.05, 3.63) is 76.0 Å². The Labute approximate surface area is 158 Å². The number of pyridine rings is 2. The van der Waals surface area contributed by atoms with Crippen LogP contribution in [0.15, 0.2) is 54.3 Å². The molecule has 0 unspecified atom stereocenters. The van der Waals surface area contributed by atoms with E-state index in [0.29, 0.717) is 21.7 Å². The second-order valence-electron chi connectivity index (χ2n) is 5.45. The van der Waals surface area contributed by atoms with Gasteiger partial charge in [-0.2, -0.15) is 0 Å². The van der Waals surface area contributed by atoms with E-state index in [4.69, 9.17) is 5.73 Å². The molecule has 3 aromatic rings. The standard InChI is InChI=1S/C18H15N5O3S/c19-16(24)14-2-1-11(9-21-14)10-22-18(26)15-13(5-8-27-15)23-17(25)12-3-6-20-7-4-12/h1-9H,10H2,(H2,19,24)(H,22,26)(H,23,25). The minimum atomic E-state index is -0.612. The van der Waals surface area contributed by atoms with Crippen molar-refractivity contribution >= 4 is 34.7 Å². The number of hydrogen-bond donors (Lipinski definition) is 3. The number of anilines is 1. The first-order valence-corrected chi connectivity index (χ1v) is 8.74. The Balaban J connectivity index is 1.63. The van der Waals surface area contributed by atoms with Crippen LogP contribution in [0.2, 0.25) is 0 Å². The van der Waals surface area contributed by atoms with Crippen LogP contribution in [0.5, 0.6) is 0 Å². The van der Waals surface area contributed by atoms with Crippen molar-refractivity contribution in [3.63, 3.8) is 0 Å². The molecule has 3 amide bonds. The molecule has 0 aliphatic carbocycles. The lowest BCUT2D eigenvalue weighted by Crippen LogP contribution is -2.24. The summed E-state index contributed by atoms with van der Waals surface area (Å²) < 4.78 is 0. The largest absolute Gasteiger partial charge is 0.364 e. The third kappa shape index (κ3) is 4.53. The molecule has 3 heterocycles. The maximum absolute atomic E-state index is 12.4. The van der Waals surface area contributed by atoms with E-state index in [1.54, 1.807) is 29.6 Å². The summed E-state index contributed by atoms with van der Waals surface area (Å²) in [6.45, 7) is 0.223. The molecule has 3 rings (SSSR count). The molecule has 0 saturated heterocycles. The zero-order chi connectivity index (χ0) is 19.2. The predicted molar refractivity (Wildman–Crippen MR) is 100 cm³/mol. The summed E-state index contributed by atoms with van der Waals surface area (Å²) in [5.74, 6) is -1.26. The number of primary amides is 1. The Kier molecular flexibility index (Phi) is 5.53. The SMILES string of the molecule is NC(=O)c1ccc(CNC(=O)c2sccc2NC(=O)c2ccncc2)cn1. The molecule has 0 aliphatic heterocycles. The highest BCUT2D eigenvalue weighted by Gasteiger charge is 2.16. The van der Waals surface area contributed by atoms with Crippen LogP contribution in [0.1, 0.15) is 36.1 Å². The smallest absolute Gasteiger partial charge is 0.267 e. The molecule has 136 valence electrons. The summed E-state index contributed by atoms with van der Waals surface area (Å²) in [5, 5.41) is 7.20. The van der Waals surface area contributed by atoms with Crippen LogP contribution in [0.3, 0.4) is 0 Å². The Morgan fingerprint density at radius 2 is 1.81 bits per heavy atom. The highest BCUT2D eigenvalue weighted by atomic mass is 32.1. The van der Waals surface area contributed by atoms with E-state index in [1.807, 2.05) is 0 Å². The van der Waals surface area contributed by atoms with Gasteiger partial charge in [0.15, 0.2) is 0 Å². The van der Waals surface area contributed by atoms with Crippen molar-refractivity contribution < 1.29 is 14.4 Å². The van der Waals surface area contributed by atoms with E-state index in [1.165, 1.54) is 36.0 Å². The first-order chi connectivity index (χ1) is 13.0. The van der Waals surface area contributed by atoms with Gasteiger partial charge in [-0.25, -0.2) is 0 Å². The maximum Gasteiger partial charge on any atom is 0.267 e. The number of nitrogens with one attached hydrogen (secondary N) is 2. The van der Waals surface area contributed by atoms with Gasteiger partial charge in [-0.1, -0.05) is 6.07 Å². The number of amides is 3. The highest BCUT2D eigenvalue weighted by molar-refractivity contribution is 7.12. The van der Waals surface area contributed by atoms with Gasteiger partial charge >= 0.3 is 0 Å². The molecule has 9 heteroatoms. The number of nitrogens with zero attached hydrogens (tertiary/aromatic N) is 2. The molecule has 0 saturated carbocycles. The van der Waals surface area contributed by atoms with Crippen molar-refractivity contribution in [2.75, 3.05) is 5.32 Å². The molecule has 0 aliphatic rings. The molecule has 3 aromatic heterocycles.